The molecule has 0 unspecified atom stereocenters. The van der Waals surface area contributed by atoms with Crippen LogP contribution < -0.4 is 15.4 Å². The molecule has 2 aromatic carbocycles. The van der Waals surface area contributed by atoms with Gasteiger partial charge in [0.15, 0.2) is 6.61 Å². The van der Waals surface area contributed by atoms with Crippen LogP contribution in [0.2, 0.25) is 5.02 Å². The van der Waals surface area contributed by atoms with Crippen LogP contribution >= 0.6 is 11.6 Å². The zero-order valence-corrected chi connectivity index (χ0v) is 19.9. The molecule has 8 nitrogen and oxygen atoms in total. The van der Waals surface area contributed by atoms with E-state index in [-0.39, 0.29) is 34.2 Å². The van der Waals surface area contributed by atoms with Crippen LogP contribution in [0.25, 0.3) is 0 Å². The Morgan fingerprint density at radius 2 is 1.67 bits per heavy atom. The van der Waals surface area contributed by atoms with Crippen LogP contribution in [-0.2, 0) is 0 Å². The Kier molecular flexibility index (Phi) is 8.15. The fourth-order valence-corrected chi connectivity index (χ4v) is 3.05. The predicted molar refractivity (Wildman–Crippen MR) is 130 cm³/mol. The monoisotopic (exact) mass is 519 g/mol. The van der Waals surface area contributed by atoms with E-state index in [2.05, 4.69) is 15.6 Å². The van der Waals surface area contributed by atoms with Crippen molar-refractivity contribution in [2.45, 2.75) is 6.18 Å². The summed E-state index contributed by atoms with van der Waals surface area (Å²) in [6.45, 7) is -1.55. The molecule has 0 spiro atoms. The fraction of sp³-hybridized carbons (Fsp3) is 0.167. The molecule has 3 rings (SSSR count). The first-order valence-electron chi connectivity index (χ1n) is 10.4. The first-order valence-corrected chi connectivity index (χ1v) is 10.7. The number of pyridine rings is 1. The van der Waals surface area contributed by atoms with Gasteiger partial charge in [0, 0.05) is 31.4 Å². The molecule has 3 aromatic rings. The van der Waals surface area contributed by atoms with E-state index in [1.54, 1.807) is 31.1 Å². The Hall–Kier alpha value is -4.12. The molecule has 0 saturated carbocycles. The van der Waals surface area contributed by atoms with Crippen molar-refractivity contribution >= 4 is 40.8 Å². The van der Waals surface area contributed by atoms with E-state index in [1.165, 1.54) is 42.6 Å². The van der Waals surface area contributed by atoms with Crippen LogP contribution in [0.5, 0.6) is 5.75 Å². The van der Waals surface area contributed by atoms with Crippen molar-refractivity contribution in [1.82, 2.24) is 9.88 Å². The van der Waals surface area contributed by atoms with Crippen molar-refractivity contribution in [3.8, 4) is 5.75 Å². The summed E-state index contributed by atoms with van der Waals surface area (Å²) in [6, 6.07) is 12.7. The Balaban J connectivity index is 1.86. The lowest BCUT2D eigenvalue weighted by atomic mass is 10.1. The SMILES string of the molecule is CN(C)C(=N)c1ccc(C(=O)Nc2ccc(OCC(F)(F)F)cc2C(=O)Nc2ccc(Cl)cn2)cc1. The van der Waals surface area contributed by atoms with E-state index in [4.69, 9.17) is 21.7 Å². The Morgan fingerprint density at radius 1 is 1.00 bits per heavy atom. The maximum Gasteiger partial charge on any atom is 0.422 e. The summed E-state index contributed by atoms with van der Waals surface area (Å²) in [5.74, 6) is -1.13. The van der Waals surface area contributed by atoms with Crippen LogP contribution in [0.4, 0.5) is 24.7 Å². The minimum atomic E-state index is -4.57. The van der Waals surface area contributed by atoms with E-state index in [0.29, 0.717) is 10.6 Å². The molecular formula is C24H21ClF3N5O3. The molecular weight excluding hydrogens is 499 g/mol. The minimum Gasteiger partial charge on any atom is -0.484 e. The van der Waals surface area contributed by atoms with Gasteiger partial charge in [-0.3, -0.25) is 15.0 Å². The highest BCUT2D eigenvalue weighted by atomic mass is 35.5. The van der Waals surface area contributed by atoms with Gasteiger partial charge in [-0.05, 0) is 42.5 Å². The Labute approximate surface area is 209 Å². The highest BCUT2D eigenvalue weighted by molar-refractivity contribution is 6.30. The summed E-state index contributed by atoms with van der Waals surface area (Å²) < 4.78 is 42.5. The number of hydrogen-bond acceptors (Lipinski definition) is 5. The number of carbonyl (C=O) groups is 2. The second-order valence-electron chi connectivity index (χ2n) is 7.70. The van der Waals surface area contributed by atoms with Gasteiger partial charge in [-0.1, -0.05) is 23.7 Å². The van der Waals surface area contributed by atoms with Crippen LogP contribution in [0.3, 0.4) is 0 Å². The number of aromatic nitrogens is 1. The minimum absolute atomic E-state index is 0.0379. The molecule has 0 aliphatic heterocycles. The van der Waals surface area contributed by atoms with Gasteiger partial charge >= 0.3 is 6.18 Å². The third-order valence-corrected chi connectivity index (χ3v) is 4.95. The molecule has 1 aromatic heterocycles. The van der Waals surface area contributed by atoms with Gasteiger partial charge in [0.05, 0.1) is 16.3 Å². The number of amidine groups is 1. The van der Waals surface area contributed by atoms with Gasteiger partial charge in [-0.2, -0.15) is 13.2 Å². The van der Waals surface area contributed by atoms with Crippen LogP contribution in [-0.4, -0.2) is 54.4 Å². The topological polar surface area (TPSA) is 107 Å². The fourth-order valence-electron chi connectivity index (χ4n) is 2.94. The number of amides is 2. The molecule has 0 saturated heterocycles. The van der Waals surface area contributed by atoms with E-state index in [9.17, 15) is 22.8 Å². The van der Waals surface area contributed by atoms with Crippen molar-refractivity contribution in [2.24, 2.45) is 0 Å². The molecule has 3 N–H and O–H groups in total. The molecule has 0 aliphatic rings. The molecule has 12 heteroatoms. The molecule has 2 amide bonds. The summed E-state index contributed by atoms with van der Waals surface area (Å²) in [5.41, 5.74) is 0.730. The largest absolute Gasteiger partial charge is 0.484 e. The van der Waals surface area contributed by atoms with Crippen LogP contribution in [0, 0.1) is 5.41 Å². The van der Waals surface area contributed by atoms with E-state index < -0.39 is 24.6 Å². The highest BCUT2D eigenvalue weighted by Gasteiger charge is 2.28. The first-order chi connectivity index (χ1) is 16.9. The number of benzene rings is 2. The van der Waals surface area contributed by atoms with Gasteiger partial charge in [0.1, 0.15) is 17.4 Å². The lowest BCUT2D eigenvalue weighted by molar-refractivity contribution is -0.153. The maximum absolute atomic E-state index is 12.9. The van der Waals surface area contributed by atoms with Crippen molar-refractivity contribution < 1.29 is 27.5 Å². The Morgan fingerprint density at radius 3 is 2.25 bits per heavy atom. The number of alkyl halides is 3. The summed E-state index contributed by atoms with van der Waals surface area (Å²) in [4.78, 5) is 31.3. The molecule has 0 fully saturated rings. The van der Waals surface area contributed by atoms with Gasteiger partial charge in [0.25, 0.3) is 11.8 Å². The first kappa shape index (κ1) is 26.5. The van der Waals surface area contributed by atoms with Gasteiger partial charge < -0.3 is 20.3 Å². The van der Waals surface area contributed by atoms with Crippen molar-refractivity contribution in [3.05, 3.63) is 82.5 Å². The molecule has 0 bridgehead atoms. The number of ether oxygens (including phenoxy) is 1. The summed E-state index contributed by atoms with van der Waals surface area (Å²) >= 11 is 5.80. The second kappa shape index (κ2) is 11.1. The molecule has 188 valence electrons. The lowest BCUT2D eigenvalue weighted by Crippen LogP contribution is -2.22. The van der Waals surface area contributed by atoms with Crippen LogP contribution in [0.15, 0.2) is 60.8 Å². The van der Waals surface area contributed by atoms with Gasteiger partial charge in [0.2, 0.25) is 0 Å². The quantitative estimate of drug-likeness (QED) is 0.298. The molecule has 0 aliphatic carbocycles. The Bertz CT molecular complexity index is 1260. The molecule has 36 heavy (non-hydrogen) atoms. The van der Waals surface area contributed by atoms with Gasteiger partial charge in [-0.25, -0.2) is 4.98 Å². The number of nitrogens with zero attached hydrogens (tertiary/aromatic N) is 2. The smallest absolute Gasteiger partial charge is 0.422 e. The van der Waals surface area contributed by atoms with Crippen LogP contribution in [0.1, 0.15) is 26.3 Å². The predicted octanol–water partition coefficient (Wildman–Crippen LogP) is 5.07. The summed E-state index contributed by atoms with van der Waals surface area (Å²) in [6.07, 6.45) is -3.26. The van der Waals surface area contributed by atoms with Crippen molar-refractivity contribution in [2.75, 3.05) is 31.3 Å². The molecule has 0 atom stereocenters. The highest BCUT2D eigenvalue weighted by Crippen LogP contribution is 2.26. The van der Waals surface area contributed by atoms with Gasteiger partial charge in [-0.15, -0.1) is 0 Å². The number of carbonyl (C=O) groups excluding carboxylic acids is 2. The number of nitrogens with one attached hydrogen (secondary N) is 3. The number of anilines is 2. The average Bonchev–Trinajstić information content (AvgIpc) is 2.83. The zero-order chi connectivity index (χ0) is 26.5. The van der Waals surface area contributed by atoms with E-state index >= 15 is 0 Å². The van der Waals surface area contributed by atoms with Crippen molar-refractivity contribution in [1.29, 1.82) is 5.41 Å². The van der Waals surface area contributed by atoms with Crippen molar-refractivity contribution in [3.63, 3.8) is 0 Å². The normalized spacial score (nSPS) is 10.9. The average molecular weight is 520 g/mol. The number of rotatable bonds is 7. The number of halogens is 4. The lowest BCUT2D eigenvalue weighted by Gasteiger charge is -2.15. The number of hydrogen-bond donors (Lipinski definition) is 3. The second-order valence-corrected chi connectivity index (χ2v) is 8.14. The third-order valence-electron chi connectivity index (χ3n) is 4.72. The standard InChI is InChI=1S/C24H21ClF3N5O3/c1-33(2)21(29)14-3-5-15(6-4-14)22(34)31-19-9-8-17(36-13-24(26,27)28)11-18(19)23(35)32-20-10-7-16(25)12-30-20/h3-12,29H,13H2,1-2H3,(H,31,34)(H,30,32,35). The molecule has 0 radical (unpaired) electrons. The third kappa shape index (κ3) is 7.19. The summed E-state index contributed by atoms with van der Waals surface area (Å²) in [7, 11) is 3.44. The van der Waals surface area contributed by atoms with E-state index in [0.717, 1.165) is 6.07 Å². The summed E-state index contributed by atoms with van der Waals surface area (Å²) in [5, 5.41) is 13.4. The molecule has 1 heterocycles. The zero-order valence-electron chi connectivity index (χ0n) is 19.1. The maximum atomic E-state index is 12.9. The van der Waals surface area contributed by atoms with E-state index in [1.807, 2.05) is 0 Å².